The molecule has 3 saturated carbocycles. The summed E-state index contributed by atoms with van der Waals surface area (Å²) >= 11 is 0. The van der Waals surface area contributed by atoms with E-state index in [0.29, 0.717) is 50.5 Å². The Morgan fingerprint density at radius 2 is 1.81 bits per heavy atom. The molecule has 4 rings (SSSR count). The summed E-state index contributed by atoms with van der Waals surface area (Å²) in [4.78, 5) is 37.9. The fraction of sp³-hybridized carbons (Fsp3) is 0.893. The minimum absolute atomic E-state index is 0.0760. The molecule has 206 valence electrons. The number of hydrogen-bond donors (Lipinski definition) is 4. The van der Waals surface area contributed by atoms with Crippen molar-refractivity contribution in [3.63, 3.8) is 0 Å². The highest BCUT2D eigenvalue weighted by molar-refractivity contribution is 5.86. The number of ether oxygens (including phenoxy) is 1. The Balaban J connectivity index is 1.57. The van der Waals surface area contributed by atoms with Crippen molar-refractivity contribution in [3.05, 3.63) is 0 Å². The van der Waals surface area contributed by atoms with Gasteiger partial charge in [-0.05, 0) is 75.5 Å². The second-order valence-electron chi connectivity index (χ2n) is 12.0. The SMILES string of the molecule is [2H]C([2H])(OC(=O)N[C@@H](CC(C)C)C(=O)N[C@H](CO)C[C@@H]1CCNC1=O)C12CCC(CCCCC)(CC1)CC2. The van der Waals surface area contributed by atoms with Gasteiger partial charge in [0.1, 0.15) is 6.04 Å². The van der Waals surface area contributed by atoms with Crippen molar-refractivity contribution < 1.29 is 27.0 Å². The average molecular weight is 510 g/mol. The van der Waals surface area contributed by atoms with Crippen LogP contribution in [0.1, 0.15) is 107 Å². The molecule has 0 unspecified atom stereocenters. The number of aliphatic hydroxyl groups is 1. The molecule has 1 aliphatic heterocycles. The smallest absolute Gasteiger partial charge is 0.407 e. The molecule has 3 atom stereocenters. The maximum Gasteiger partial charge on any atom is 0.407 e. The number of rotatable bonds is 14. The van der Waals surface area contributed by atoms with Gasteiger partial charge >= 0.3 is 6.09 Å². The van der Waals surface area contributed by atoms with Crippen LogP contribution < -0.4 is 16.0 Å². The van der Waals surface area contributed by atoms with E-state index >= 15 is 0 Å². The standard InChI is InChI=1S/C28H49N3O5/c1-4-5-6-8-27-9-12-28(13-10-27,14-11-27)19-36-26(35)31-23(16-20(2)3)25(34)30-22(18-32)17-21-7-15-29-24(21)33/h20-23,32H,4-19H2,1-3H3,(H,29,33)(H,30,34)(H,31,35)/t21-,22-,23-,27?,28?/m0/s1/i19D2. The van der Waals surface area contributed by atoms with Crippen LogP contribution in [0.3, 0.4) is 0 Å². The molecule has 8 nitrogen and oxygen atoms in total. The van der Waals surface area contributed by atoms with Crippen molar-refractivity contribution in [3.8, 4) is 0 Å². The first-order valence-corrected chi connectivity index (χ1v) is 14.1. The zero-order chi connectivity index (χ0) is 28.0. The van der Waals surface area contributed by atoms with Gasteiger partial charge in [-0.15, -0.1) is 0 Å². The van der Waals surface area contributed by atoms with E-state index in [1.54, 1.807) is 0 Å². The molecule has 3 amide bonds. The maximum absolute atomic E-state index is 13.1. The van der Waals surface area contributed by atoms with E-state index in [4.69, 9.17) is 7.48 Å². The quantitative estimate of drug-likeness (QED) is 0.264. The van der Waals surface area contributed by atoms with E-state index in [1.165, 1.54) is 25.7 Å². The maximum atomic E-state index is 13.1. The number of nitrogens with one attached hydrogen (secondary N) is 3. The molecule has 4 fully saturated rings. The molecule has 4 N–H and O–H groups in total. The number of unbranched alkanes of at least 4 members (excludes halogenated alkanes) is 2. The zero-order valence-corrected chi connectivity index (χ0v) is 22.5. The fourth-order valence-corrected chi connectivity index (χ4v) is 6.26. The Bertz CT molecular complexity index is 813. The van der Waals surface area contributed by atoms with Crippen LogP contribution in [0.15, 0.2) is 0 Å². The first-order valence-electron chi connectivity index (χ1n) is 15.1. The van der Waals surface area contributed by atoms with E-state index in [-0.39, 0.29) is 24.3 Å². The highest BCUT2D eigenvalue weighted by atomic mass is 16.5. The summed E-state index contributed by atoms with van der Waals surface area (Å²) in [7, 11) is 0. The van der Waals surface area contributed by atoms with Gasteiger partial charge in [0, 0.05) is 17.9 Å². The van der Waals surface area contributed by atoms with Crippen LogP contribution in [0.4, 0.5) is 4.79 Å². The lowest BCUT2D eigenvalue weighted by atomic mass is 9.53. The first-order chi connectivity index (χ1) is 17.9. The Kier molecular flexibility index (Phi) is 9.40. The largest absolute Gasteiger partial charge is 0.449 e. The summed E-state index contributed by atoms with van der Waals surface area (Å²) in [6.07, 6.45) is 10.3. The molecular weight excluding hydrogens is 458 g/mol. The van der Waals surface area contributed by atoms with E-state index in [0.717, 1.165) is 19.3 Å². The lowest BCUT2D eigenvalue weighted by molar-refractivity contribution is -0.126. The topological polar surface area (TPSA) is 117 Å². The summed E-state index contributed by atoms with van der Waals surface area (Å²) in [5, 5.41) is 17.9. The minimum atomic E-state index is -2.13. The summed E-state index contributed by atoms with van der Waals surface area (Å²) in [6.45, 7) is 4.19. The van der Waals surface area contributed by atoms with Gasteiger partial charge in [0.25, 0.3) is 0 Å². The Hall–Kier alpha value is -1.83. The third-order valence-corrected chi connectivity index (χ3v) is 8.69. The minimum Gasteiger partial charge on any atom is -0.449 e. The van der Waals surface area contributed by atoms with Crippen LogP contribution in [0, 0.1) is 22.7 Å². The van der Waals surface area contributed by atoms with Crippen molar-refractivity contribution in [2.24, 2.45) is 22.7 Å². The zero-order valence-electron chi connectivity index (χ0n) is 24.5. The third-order valence-electron chi connectivity index (χ3n) is 8.69. The molecule has 36 heavy (non-hydrogen) atoms. The second kappa shape index (κ2) is 13.1. The van der Waals surface area contributed by atoms with E-state index in [9.17, 15) is 19.5 Å². The molecule has 4 aliphatic rings. The third kappa shape index (κ3) is 7.83. The van der Waals surface area contributed by atoms with Crippen LogP contribution in [0.2, 0.25) is 0 Å². The van der Waals surface area contributed by atoms with Gasteiger partial charge in [-0.25, -0.2) is 4.79 Å². The van der Waals surface area contributed by atoms with Crippen molar-refractivity contribution >= 4 is 17.9 Å². The number of carbonyl (C=O) groups excluding carboxylic acids is 3. The number of alkyl carbamates (subject to hydrolysis) is 1. The van der Waals surface area contributed by atoms with Crippen molar-refractivity contribution in [2.45, 2.75) is 116 Å². The summed E-state index contributed by atoms with van der Waals surface area (Å²) in [5.74, 6) is -0.744. The Morgan fingerprint density at radius 3 is 2.36 bits per heavy atom. The predicted molar refractivity (Wildman–Crippen MR) is 139 cm³/mol. The second-order valence-corrected chi connectivity index (χ2v) is 12.0. The van der Waals surface area contributed by atoms with Crippen molar-refractivity contribution in [2.75, 3.05) is 19.7 Å². The van der Waals surface area contributed by atoms with E-state index in [2.05, 4.69) is 22.9 Å². The highest BCUT2D eigenvalue weighted by Crippen LogP contribution is 2.58. The number of aliphatic hydroxyl groups excluding tert-OH is 1. The first kappa shape index (κ1) is 25.8. The van der Waals surface area contributed by atoms with Gasteiger partial charge in [-0.2, -0.15) is 0 Å². The normalized spacial score (nSPS) is 30.2. The van der Waals surface area contributed by atoms with Gasteiger partial charge in [0.05, 0.1) is 21.9 Å². The van der Waals surface area contributed by atoms with Gasteiger partial charge in [-0.3, -0.25) is 9.59 Å². The van der Waals surface area contributed by atoms with Crippen LogP contribution in [0.5, 0.6) is 0 Å². The van der Waals surface area contributed by atoms with Gasteiger partial charge in [-0.1, -0.05) is 40.0 Å². The number of hydrogen-bond acceptors (Lipinski definition) is 5. The molecule has 0 aromatic rings. The van der Waals surface area contributed by atoms with Crippen LogP contribution in [0.25, 0.3) is 0 Å². The number of carbonyl (C=O) groups is 3. The summed E-state index contributed by atoms with van der Waals surface area (Å²) in [6, 6.07) is -1.55. The molecule has 1 heterocycles. The van der Waals surface area contributed by atoms with Crippen molar-refractivity contribution in [1.82, 2.24) is 16.0 Å². The van der Waals surface area contributed by atoms with Crippen LogP contribution in [-0.4, -0.2) is 54.8 Å². The van der Waals surface area contributed by atoms with E-state index < -0.39 is 36.1 Å². The monoisotopic (exact) mass is 509 g/mol. The molecule has 0 spiro atoms. The molecule has 1 saturated heterocycles. The molecule has 0 aromatic heterocycles. The van der Waals surface area contributed by atoms with Gasteiger partial charge < -0.3 is 25.8 Å². The summed E-state index contributed by atoms with van der Waals surface area (Å²) < 4.78 is 22.9. The van der Waals surface area contributed by atoms with Crippen molar-refractivity contribution in [1.29, 1.82) is 0 Å². The lowest BCUT2D eigenvalue weighted by Crippen LogP contribution is -2.52. The highest BCUT2D eigenvalue weighted by Gasteiger charge is 2.48. The van der Waals surface area contributed by atoms with Crippen LogP contribution in [-0.2, 0) is 14.3 Å². The molecule has 2 bridgehead atoms. The molecular formula is C28H49N3O5. The van der Waals surface area contributed by atoms with Crippen LogP contribution >= 0.6 is 0 Å². The molecule has 3 aliphatic carbocycles. The molecule has 0 radical (unpaired) electrons. The Morgan fingerprint density at radius 1 is 1.14 bits per heavy atom. The fourth-order valence-electron chi connectivity index (χ4n) is 6.26. The number of amides is 3. The lowest BCUT2D eigenvalue weighted by Gasteiger charge is -2.53. The molecule has 0 aromatic carbocycles. The predicted octanol–water partition coefficient (Wildman–Crippen LogP) is 4.05. The van der Waals surface area contributed by atoms with E-state index in [1.807, 2.05) is 13.8 Å². The summed E-state index contributed by atoms with van der Waals surface area (Å²) in [5.41, 5.74) is -0.366. The van der Waals surface area contributed by atoms with Gasteiger partial charge in [0.15, 0.2) is 0 Å². The number of fused-ring (bicyclic) bond motifs is 3. The Labute approximate surface area is 219 Å². The van der Waals surface area contributed by atoms with Gasteiger partial charge in [0.2, 0.25) is 11.8 Å². The molecule has 8 heteroatoms. The average Bonchev–Trinajstić information content (AvgIpc) is 3.27.